The van der Waals surface area contributed by atoms with E-state index in [0.717, 1.165) is 36.6 Å². The smallest absolute Gasteiger partial charge is 0.0434 e. The molecule has 1 fully saturated rings. The third-order valence-electron chi connectivity index (χ3n) is 3.28. The van der Waals surface area contributed by atoms with Crippen molar-refractivity contribution in [3.63, 3.8) is 0 Å². The van der Waals surface area contributed by atoms with Crippen LogP contribution in [0.3, 0.4) is 0 Å². The molecule has 0 saturated carbocycles. The minimum Gasteiger partial charge on any atom is -0.396 e. The Morgan fingerprint density at radius 2 is 2.24 bits per heavy atom. The fourth-order valence-corrected chi connectivity index (χ4v) is 2.71. The molecular formula is C13H19ClN2O. The van der Waals surface area contributed by atoms with Crippen LogP contribution in [0.2, 0.25) is 5.02 Å². The van der Waals surface area contributed by atoms with E-state index < -0.39 is 0 Å². The largest absolute Gasteiger partial charge is 0.396 e. The van der Waals surface area contributed by atoms with Crippen molar-refractivity contribution in [1.82, 2.24) is 0 Å². The zero-order valence-corrected chi connectivity index (χ0v) is 10.6. The van der Waals surface area contributed by atoms with E-state index in [1.807, 2.05) is 18.2 Å². The van der Waals surface area contributed by atoms with E-state index in [1.165, 1.54) is 0 Å². The Balaban J connectivity index is 2.09. The summed E-state index contributed by atoms with van der Waals surface area (Å²) in [4.78, 5) is 2.26. The highest BCUT2D eigenvalue weighted by atomic mass is 35.5. The molecule has 1 saturated heterocycles. The van der Waals surface area contributed by atoms with E-state index in [1.54, 1.807) is 0 Å². The van der Waals surface area contributed by atoms with Crippen LogP contribution < -0.4 is 10.6 Å². The maximum Gasteiger partial charge on any atom is 0.0434 e. The number of aliphatic hydroxyl groups excluding tert-OH is 1. The first kappa shape index (κ1) is 12.7. The number of hydrogen-bond acceptors (Lipinski definition) is 3. The Hall–Kier alpha value is -0.770. The molecule has 17 heavy (non-hydrogen) atoms. The molecule has 1 aliphatic rings. The molecule has 1 heterocycles. The first-order chi connectivity index (χ1) is 8.19. The Kier molecular flexibility index (Phi) is 4.26. The minimum atomic E-state index is 0.180. The number of rotatable bonds is 3. The number of nitrogens with two attached hydrogens (primary N) is 1. The van der Waals surface area contributed by atoms with Gasteiger partial charge in [-0.15, -0.1) is 0 Å². The summed E-state index contributed by atoms with van der Waals surface area (Å²) in [5, 5.41) is 9.78. The van der Waals surface area contributed by atoms with Gasteiger partial charge < -0.3 is 15.7 Å². The second kappa shape index (κ2) is 5.71. The third-order valence-corrected chi connectivity index (χ3v) is 3.52. The Labute approximate surface area is 107 Å². The Bertz CT molecular complexity index is 372. The number of nitrogens with zero attached hydrogens (tertiary/aromatic N) is 1. The molecule has 1 aromatic rings. The molecule has 1 aromatic carbocycles. The van der Waals surface area contributed by atoms with Gasteiger partial charge in [-0.1, -0.05) is 17.7 Å². The first-order valence-electron chi connectivity index (χ1n) is 6.06. The average Bonchev–Trinajstić information content (AvgIpc) is 2.28. The lowest BCUT2D eigenvalue weighted by Crippen LogP contribution is -2.47. The molecule has 2 rings (SSSR count). The monoisotopic (exact) mass is 254 g/mol. The molecule has 0 bridgehead atoms. The lowest BCUT2D eigenvalue weighted by molar-refractivity contribution is 0.238. The topological polar surface area (TPSA) is 49.5 Å². The summed E-state index contributed by atoms with van der Waals surface area (Å²) in [5.41, 5.74) is 7.19. The van der Waals surface area contributed by atoms with E-state index in [9.17, 15) is 0 Å². The normalized spacial score (nSPS) is 25.0. The van der Waals surface area contributed by atoms with Crippen molar-refractivity contribution < 1.29 is 5.11 Å². The molecule has 3 N–H and O–H groups in total. The highest BCUT2D eigenvalue weighted by Crippen LogP contribution is 2.26. The maximum atomic E-state index is 9.03. The molecule has 0 spiro atoms. The van der Waals surface area contributed by atoms with Crippen molar-refractivity contribution in [3.8, 4) is 0 Å². The van der Waals surface area contributed by atoms with Gasteiger partial charge in [0.25, 0.3) is 0 Å². The highest BCUT2D eigenvalue weighted by Gasteiger charge is 2.24. The fraction of sp³-hybridized carbons (Fsp3) is 0.538. The summed E-state index contributed by atoms with van der Waals surface area (Å²) in [6, 6.07) is 8.04. The summed E-state index contributed by atoms with van der Waals surface area (Å²) >= 11 is 6.00. The fourth-order valence-electron chi connectivity index (χ4n) is 2.52. The molecule has 1 aliphatic heterocycles. The van der Waals surface area contributed by atoms with Crippen LogP contribution in [0.4, 0.5) is 5.69 Å². The summed E-state index contributed by atoms with van der Waals surface area (Å²) in [6.07, 6.45) is 1.82. The van der Waals surface area contributed by atoms with Gasteiger partial charge >= 0.3 is 0 Å². The SMILES string of the molecule is NC1CC(CCO)CN(c2cccc(Cl)c2)C1. The lowest BCUT2D eigenvalue weighted by atomic mass is 9.92. The number of benzene rings is 1. The van der Waals surface area contributed by atoms with Gasteiger partial charge in [0, 0.05) is 36.4 Å². The van der Waals surface area contributed by atoms with Gasteiger partial charge in [0.1, 0.15) is 0 Å². The van der Waals surface area contributed by atoms with Crippen molar-refractivity contribution in [2.45, 2.75) is 18.9 Å². The van der Waals surface area contributed by atoms with E-state index in [-0.39, 0.29) is 12.6 Å². The molecule has 0 radical (unpaired) electrons. The number of piperidine rings is 1. The minimum absolute atomic E-state index is 0.180. The average molecular weight is 255 g/mol. The molecule has 0 amide bonds. The highest BCUT2D eigenvalue weighted by molar-refractivity contribution is 6.30. The molecule has 0 aromatic heterocycles. The maximum absolute atomic E-state index is 9.03. The summed E-state index contributed by atoms with van der Waals surface area (Å²) in [5.74, 6) is 0.475. The predicted octanol–water partition coefficient (Wildman–Crippen LogP) is 1.88. The molecular weight excluding hydrogens is 236 g/mol. The number of aliphatic hydroxyl groups is 1. The van der Waals surface area contributed by atoms with E-state index in [4.69, 9.17) is 22.4 Å². The second-order valence-corrected chi connectivity index (χ2v) is 5.20. The van der Waals surface area contributed by atoms with Gasteiger partial charge in [0.15, 0.2) is 0 Å². The van der Waals surface area contributed by atoms with Crippen LogP contribution >= 0.6 is 11.6 Å². The molecule has 0 aliphatic carbocycles. The van der Waals surface area contributed by atoms with Crippen molar-refractivity contribution in [2.24, 2.45) is 11.7 Å². The second-order valence-electron chi connectivity index (χ2n) is 4.76. The van der Waals surface area contributed by atoms with Crippen LogP contribution in [0.1, 0.15) is 12.8 Å². The number of anilines is 1. The van der Waals surface area contributed by atoms with Gasteiger partial charge in [-0.25, -0.2) is 0 Å². The van der Waals surface area contributed by atoms with Gasteiger partial charge in [-0.05, 0) is 37.0 Å². The van der Waals surface area contributed by atoms with Crippen LogP contribution in [0.15, 0.2) is 24.3 Å². The van der Waals surface area contributed by atoms with E-state index in [2.05, 4.69) is 11.0 Å². The van der Waals surface area contributed by atoms with Gasteiger partial charge in [-0.2, -0.15) is 0 Å². The van der Waals surface area contributed by atoms with Crippen LogP contribution in [0.5, 0.6) is 0 Å². The number of hydrogen-bond donors (Lipinski definition) is 2. The Morgan fingerprint density at radius 1 is 1.41 bits per heavy atom. The van der Waals surface area contributed by atoms with Gasteiger partial charge in [0.2, 0.25) is 0 Å². The molecule has 4 heteroatoms. The van der Waals surface area contributed by atoms with E-state index in [0.29, 0.717) is 5.92 Å². The van der Waals surface area contributed by atoms with Crippen molar-refractivity contribution >= 4 is 17.3 Å². The van der Waals surface area contributed by atoms with Crippen LogP contribution in [-0.4, -0.2) is 30.8 Å². The molecule has 2 atom stereocenters. The van der Waals surface area contributed by atoms with Crippen molar-refractivity contribution in [2.75, 3.05) is 24.6 Å². The standard InChI is InChI=1S/C13H19ClN2O/c14-11-2-1-3-13(7-11)16-8-10(4-5-17)6-12(15)9-16/h1-3,7,10,12,17H,4-6,8-9,15H2. The zero-order chi connectivity index (χ0) is 12.3. The van der Waals surface area contributed by atoms with Gasteiger partial charge in [0.05, 0.1) is 0 Å². The third kappa shape index (κ3) is 3.35. The molecule has 3 nitrogen and oxygen atoms in total. The van der Waals surface area contributed by atoms with Crippen LogP contribution in [-0.2, 0) is 0 Å². The van der Waals surface area contributed by atoms with Crippen molar-refractivity contribution in [3.05, 3.63) is 29.3 Å². The number of halogens is 1. The zero-order valence-electron chi connectivity index (χ0n) is 9.85. The summed E-state index contributed by atoms with van der Waals surface area (Å²) in [6.45, 7) is 2.05. The van der Waals surface area contributed by atoms with Crippen LogP contribution in [0.25, 0.3) is 0 Å². The molecule has 94 valence electrons. The Morgan fingerprint density at radius 3 is 2.94 bits per heavy atom. The van der Waals surface area contributed by atoms with Gasteiger partial charge in [-0.3, -0.25) is 0 Å². The lowest BCUT2D eigenvalue weighted by Gasteiger charge is -2.37. The van der Waals surface area contributed by atoms with Crippen LogP contribution in [0, 0.1) is 5.92 Å². The summed E-state index contributed by atoms with van der Waals surface area (Å²) in [7, 11) is 0. The predicted molar refractivity (Wildman–Crippen MR) is 71.5 cm³/mol. The quantitative estimate of drug-likeness (QED) is 0.866. The van der Waals surface area contributed by atoms with Crippen molar-refractivity contribution in [1.29, 1.82) is 0 Å². The first-order valence-corrected chi connectivity index (χ1v) is 6.44. The summed E-state index contributed by atoms with van der Waals surface area (Å²) < 4.78 is 0. The van der Waals surface area contributed by atoms with E-state index >= 15 is 0 Å². The molecule has 2 unspecified atom stereocenters.